The zero-order valence-electron chi connectivity index (χ0n) is 8.89. The second-order valence-electron chi connectivity index (χ2n) is 5.15. The Morgan fingerprint density at radius 1 is 1.31 bits per heavy atom. The molecular weight excluding hydrogens is 252 g/mol. The van der Waals surface area contributed by atoms with Crippen molar-refractivity contribution in [2.75, 3.05) is 13.2 Å². The van der Waals surface area contributed by atoms with Gasteiger partial charge in [0.05, 0.1) is 30.2 Å². The smallest absolute Gasteiger partial charge is 0.238 e. The molecular formula is C10H15ClO4S. The average Bonchev–Trinajstić information content (AvgIpc) is 2.64. The fraction of sp³-hybridized carbons (Fsp3) is 1.00. The lowest BCUT2D eigenvalue weighted by Gasteiger charge is -2.17. The van der Waals surface area contributed by atoms with E-state index in [0.29, 0.717) is 31.8 Å². The Morgan fingerprint density at radius 3 is 2.62 bits per heavy atom. The van der Waals surface area contributed by atoms with E-state index in [-0.39, 0.29) is 12.2 Å². The molecule has 4 nitrogen and oxygen atoms in total. The summed E-state index contributed by atoms with van der Waals surface area (Å²) in [5, 5.41) is 0. The molecule has 0 spiro atoms. The summed E-state index contributed by atoms with van der Waals surface area (Å²) in [6.07, 6.45) is 3.08. The van der Waals surface area contributed by atoms with E-state index < -0.39 is 13.8 Å². The van der Waals surface area contributed by atoms with E-state index >= 15 is 0 Å². The van der Waals surface area contributed by atoms with Crippen LogP contribution in [0.5, 0.6) is 0 Å². The molecule has 2 saturated heterocycles. The molecule has 2 aliphatic heterocycles. The van der Waals surface area contributed by atoms with Crippen LogP contribution in [0.2, 0.25) is 0 Å². The lowest BCUT2D eigenvalue weighted by molar-refractivity contribution is 0.0152. The third kappa shape index (κ3) is 1.78. The fourth-order valence-electron chi connectivity index (χ4n) is 2.82. The summed E-state index contributed by atoms with van der Waals surface area (Å²) in [5.41, 5.74) is 0. The van der Waals surface area contributed by atoms with Crippen LogP contribution in [0.4, 0.5) is 0 Å². The fourth-order valence-corrected chi connectivity index (χ4v) is 4.45. The highest BCUT2D eigenvalue weighted by Gasteiger charge is 2.56. The predicted octanol–water partition coefficient (Wildman–Crippen LogP) is 1.28. The average molecular weight is 267 g/mol. The predicted molar refractivity (Wildman–Crippen MR) is 58.9 cm³/mol. The normalized spacial score (nSPS) is 40.9. The summed E-state index contributed by atoms with van der Waals surface area (Å²) >= 11 is 0. The Hall–Kier alpha value is 0.160. The number of halogens is 1. The maximum Gasteiger partial charge on any atom is 0.238 e. The zero-order valence-corrected chi connectivity index (χ0v) is 10.5. The summed E-state index contributed by atoms with van der Waals surface area (Å²) in [6, 6.07) is 0. The molecule has 0 radical (unpaired) electrons. The minimum Gasteiger partial charge on any atom is -0.378 e. The second kappa shape index (κ2) is 3.57. The Balaban J connectivity index is 1.65. The molecule has 0 aromatic heterocycles. The number of hydrogen-bond acceptors (Lipinski definition) is 4. The van der Waals surface area contributed by atoms with Gasteiger partial charge in [0.15, 0.2) is 0 Å². The molecule has 3 rings (SSSR count). The quantitative estimate of drug-likeness (QED) is 0.722. The lowest BCUT2D eigenvalue weighted by atomic mass is 10.0. The minimum atomic E-state index is -3.44. The Labute approximate surface area is 99.7 Å². The van der Waals surface area contributed by atoms with Gasteiger partial charge in [-0.1, -0.05) is 0 Å². The van der Waals surface area contributed by atoms with E-state index in [1.54, 1.807) is 0 Å². The zero-order chi connectivity index (χ0) is 11.4. The van der Waals surface area contributed by atoms with E-state index in [1.165, 1.54) is 0 Å². The van der Waals surface area contributed by atoms with Crippen molar-refractivity contribution in [3.05, 3.63) is 0 Å². The highest BCUT2D eigenvalue weighted by molar-refractivity contribution is 8.15. The molecule has 16 heavy (non-hydrogen) atoms. The van der Waals surface area contributed by atoms with Crippen LogP contribution in [0.15, 0.2) is 0 Å². The van der Waals surface area contributed by atoms with Crippen molar-refractivity contribution in [3.63, 3.8) is 0 Å². The molecule has 1 unspecified atom stereocenters. The first-order valence-electron chi connectivity index (χ1n) is 5.68. The van der Waals surface area contributed by atoms with Crippen molar-refractivity contribution in [2.45, 2.75) is 42.6 Å². The van der Waals surface area contributed by atoms with Gasteiger partial charge in [0.2, 0.25) is 9.05 Å². The molecule has 3 atom stereocenters. The maximum atomic E-state index is 11.4. The lowest BCUT2D eigenvalue weighted by Crippen LogP contribution is -2.25. The van der Waals surface area contributed by atoms with E-state index in [0.717, 1.165) is 13.0 Å². The third-order valence-electron chi connectivity index (χ3n) is 4.00. The van der Waals surface area contributed by atoms with E-state index in [4.69, 9.17) is 20.2 Å². The van der Waals surface area contributed by atoms with Gasteiger partial charge >= 0.3 is 0 Å². The van der Waals surface area contributed by atoms with Crippen LogP contribution in [0.1, 0.15) is 25.7 Å². The SMILES string of the molecule is O=S(=O)(Cl)C1(CC2C[C@H]3COC[C@H]3O2)CC1. The molecule has 3 fully saturated rings. The largest absolute Gasteiger partial charge is 0.378 e. The standard InChI is InChI=1S/C10H15ClO4S/c11-16(12,13)10(1-2-10)4-8-3-7-5-14-6-9(7)15-8/h7-9H,1-6H2/t7-,8?,9+/m0/s1. The van der Waals surface area contributed by atoms with E-state index in [1.807, 2.05) is 0 Å². The first-order valence-corrected chi connectivity index (χ1v) is 7.99. The number of hydrogen-bond donors (Lipinski definition) is 0. The van der Waals surface area contributed by atoms with Gasteiger partial charge in [-0.05, 0) is 25.7 Å². The first kappa shape index (κ1) is 11.3. The molecule has 0 aromatic carbocycles. The first-order chi connectivity index (χ1) is 7.50. The molecule has 6 heteroatoms. The summed E-state index contributed by atoms with van der Waals surface area (Å²) in [4.78, 5) is 0. The van der Waals surface area contributed by atoms with Crippen LogP contribution < -0.4 is 0 Å². The maximum absolute atomic E-state index is 11.4. The number of fused-ring (bicyclic) bond motifs is 1. The molecule has 3 aliphatic rings. The van der Waals surface area contributed by atoms with E-state index in [9.17, 15) is 8.42 Å². The van der Waals surface area contributed by atoms with E-state index in [2.05, 4.69) is 0 Å². The highest BCUT2D eigenvalue weighted by atomic mass is 35.7. The molecule has 0 N–H and O–H groups in total. The van der Waals surface area contributed by atoms with Crippen LogP contribution >= 0.6 is 10.7 Å². The molecule has 0 aromatic rings. The van der Waals surface area contributed by atoms with Crippen molar-refractivity contribution >= 4 is 19.7 Å². The van der Waals surface area contributed by atoms with Crippen molar-refractivity contribution in [2.24, 2.45) is 5.92 Å². The minimum absolute atomic E-state index is 0.0509. The molecule has 1 aliphatic carbocycles. The van der Waals surface area contributed by atoms with Crippen molar-refractivity contribution < 1.29 is 17.9 Å². The van der Waals surface area contributed by atoms with Gasteiger partial charge in [0, 0.05) is 16.6 Å². The Kier molecular flexibility index (Phi) is 2.52. The number of ether oxygens (including phenoxy) is 2. The van der Waals surface area contributed by atoms with Crippen LogP contribution in [-0.2, 0) is 18.5 Å². The topological polar surface area (TPSA) is 52.6 Å². The van der Waals surface area contributed by atoms with Gasteiger partial charge in [-0.3, -0.25) is 0 Å². The van der Waals surface area contributed by atoms with Crippen LogP contribution in [-0.4, -0.2) is 38.6 Å². The summed E-state index contributed by atoms with van der Waals surface area (Å²) in [7, 11) is 2.04. The van der Waals surface area contributed by atoms with Crippen LogP contribution in [0.25, 0.3) is 0 Å². The van der Waals surface area contributed by atoms with Gasteiger partial charge in [-0.25, -0.2) is 8.42 Å². The molecule has 92 valence electrons. The van der Waals surface area contributed by atoms with Crippen LogP contribution in [0.3, 0.4) is 0 Å². The van der Waals surface area contributed by atoms with Crippen molar-refractivity contribution in [1.82, 2.24) is 0 Å². The molecule has 1 saturated carbocycles. The van der Waals surface area contributed by atoms with Crippen molar-refractivity contribution in [1.29, 1.82) is 0 Å². The van der Waals surface area contributed by atoms with Crippen LogP contribution in [0, 0.1) is 5.92 Å². The third-order valence-corrected chi connectivity index (χ3v) is 6.59. The summed E-state index contributed by atoms with van der Waals surface area (Å²) < 4.78 is 33.3. The van der Waals surface area contributed by atoms with Gasteiger partial charge in [0.1, 0.15) is 0 Å². The van der Waals surface area contributed by atoms with Gasteiger partial charge in [-0.15, -0.1) is 0 Å². The van der Waals surface area contributed by atoms with Gasteiger partial charge in [0.25, 0.3) is 0 Å². The molecule has 0 bridgehead atoms. The van der Waals surface area contributed by atoms with Crippen molar-refractivity contribution in [3.8, 4) is 0 Å². The van der Waals surface area contributed by atoms with Gasteiger partial charge in [-0.2, -0.15) is 0 Å². The second-order valence-corrected chi connectivity index (χ2v) is 8.12. The van der Waals surface area contributed by atoms with Gasteiger partial charge < -0.3 is 9.47 Å². The Morgan fingerprint density at radius 2 is 2.06 bits per heavy atom. The number of rotatable bonds is 3. The molecule has 0 amide bonds. The summed E-state index contributed by atoms with van der Waals surface area (Å²) in [5.74, 6) is 0.457. The monoisotopic (exact) mass is 266 g/mol. The highest BCUT2D eigenvalue weighted by Crippen LogP contribution is 2.51. The summed E-state index contributed by atoms with van der Waals surface area (Å²) in [6.45, 7) is 1.41. The molecule has 2 heterocycles. The Bertz CT molecular complexity index is 378.